The molecular weight excluding hydrogens is 249 g/mol. The molecule has 104 valence electrons. The van der Waals surface area contributed by atoms with Gasteiger partial charge in [0.2, 0.25) is 0 Å². The number of hydrogen-bond acceptors (Lipinski definition) is 1. The van der Waals surface area contributed by atoms with Crippen LogP contribution in [0.5, 0.6) is 0 Å². The maximum Gasteiger partial charge on any atom is 0.128 e. The summed E-state index contributed by atoms with van der Waals surface area (Å²) in [6.45, 7) is 6.63. The second-order valence-electron chi connectivity index (χ2n) is 6.54. The van der Waals surface area contributed by atoms with Crippen molar-refractivity contribution in [1.29, 1.82) is 0 Å². The van der Waals surface area contributed by atoms with Gasteiger partial charge in [-0.1, -0.05) is 51.1 Å². The van der Waals surface area contributed by atoms with E-state index in [1.807, 2.05) is 6.07 Å². The zero-order valence-corrected chi connectivity index (χ0v) is 12.2. The topological polar surface area (TPSA) is 12.0 Å². The maximum absolute atomic E-state index is 13.8. The summed E-state index contributed by atoms with van der Waals surface area (Å²) in [5.41, 5.74) is 4.43. The van der Waals surface area contributed by atoms with Gasteiger partial charge in [-0.2, -0.15) is 0 Å². The van der Waals surface area contributed by atoms with Gasteiger partial charge in [-0.3, -0.25) is 0 Å². The van der Waals surface area contributed by atoms with Gasteiger partial charge in [0.1, 0.15) is 5.82 Å². The van der Waals surface area contributed by atoms with Gasteiger partial charge in [0, 0.05) is 17.7 Å². The van der Waals surface area contributed by atoms with Gasteiger partial charge in [0.15, 0.2) is 0 Å². The molecule has 1 atom stereocenters. The fourth-order valence-corrected chi connectivity index (χ4v) is 2.76. The molecular formula is C18H20FN. The van der Waals surface area contributed by atoms with Crippen molar-refractivity contribution >= 4 is 5.69 Å². The lowest BCUT2D eigenvalue weighted by atomic mass is 9.86. The van der Waals surface area contributed by atoms with Crippen LogP contribution < -0.4 is 5.32 Å². The van der Waals surface area contributed by atoms with Crippen molar-refractivity contribution < 1.29 is 4.39 Å². The summed E-state index contributed by atoms with van der Waals surface area (Å²) >= 11 is 0. The van der Waals surface area contributed by atoms with Crippen molar-refractivity contribution in [3.63, 3.8) is 0 Å². The molecule has 3 rings (SSSR count). The number of benzene rings is 2. The molecule has 1 aliphatic rings. The molecule has 2 aromatic rings. The Morgan fingerprint density at radius 2 is 1.75 bits per heavy atom. The van der Waals surface area contributed by atoms with Crippen LogP contribution >= 0.6 is 0 Å². The van der Waals surface area contributed by atoms with E-state index in [1.54, 1.807) is 6.07 Å². The van der Waals surface area contributed by atoms with Crippen LogP contribution in [0.2, 0.25) is 0 Å². The highest BCUT2D eigenvalue weighted by Gasteiger charge is 2.24. The Hall–Kier alpha value is -1.83. The van der Waals surface area contributed by atoms with Gasteiger partial charge in [0.05, 0.1) is 6.04 Å². The van der Waals surface area contributed by atoms with Crippen molar-refractivity contribution in [2.45, 2.75) is 38.6 Å². The lowest BCUT2D eigenvalue weighted by Crippen LogP contribution is -2.12. The highest BCUT2D eigenvalue weighted by molar-refractivity contribution is 5.58. The molecule has 0 aliphatic carbocycles. The second-order valence-corrected chi connectivity index (χ2v) is 6.54. The molecule has 0 fully saturated rings. The Morgan fingerprint density at radius 1 is 1.05 bits per heavy atom. The van der Waals surface area contributed by atoms with E-state index >= 15 is 0 Å². The minimum absolute atomic E-state index is 0.108. The van der Waals surface area contributed by atoms with Gasteiger partial charge >= 0.3 is 0 Å². The van der Waals surface area contributed by atoms with Crippen LogP contribution in [0, 0.1) is 5.82 Å². The van der Waals surface area contributed by atoms with E-state index in [1.165, 1.54) is 17.2 Å². The normalized spacial score (nSPS) is 17.7. The number of anilines is 1. The molecule has 1 nitrogen and oxygen atoms in total. The third kappa shape index (κ3) is 2.31. The third-order valence-electron chi connectivity index (χ3n) is 4.04. The fourth-order valence-electron chi connectivity index (χ4n) is 2.76. The molecule has 0 bridgehead atoms. The van der Waals surface area contributed by atoms with Crippen LogP contribution in [0.25, 0.3) is 0 Å². The summed E-state index contributed by atoms with van der Waals surface area (Å²) < 4.78 is 13.8. The van der Waals surface area contributed by atoms with Gasteiger partial charge in [-0.15, -0.1) is 0 Å². The van der Waals surface area contributed by atoms with Crippen LogP contribution in [-0.2, 0) is 11.8 Å². The number of rotatable bonds is 1. The molecule has 1 unspecified atom stereocenters. The number of nitrogens with one attached hydrogen (secondary N) is 1. The van der Waals surface area contributed by atoms with Gasteiger partial charge in [-0.25, -0.2) is 4.39 Å². The summed E-state index contributed by atoms with van der Waals surface area (Å²) in [4.78, 5) is 0. The van der Waals surface area contributed by atoms with E-state index in [9.17, 15) is 4.39 Å². The first-order chi connectivity index (χ1) is 9.45. The average molecular weight is 269 g/mol. The van der Waals surface area contributed by atoms with Crippen LogP contribution in [-0.4, -0.2) is 0 Å². The largest absolute Gasteiger partial charge is 0.378 e. The molecule has 0 saturated carbocycles. The summed E-state index contributed by atoms with van der Waals surface area (Å²) in [5, 5.41) is 3.41. The van der Waals surface area contributed by atoms with Crippen molar-refractivity contribution in [2.24, 2.45) is 0 Å². The van der Waals surface area contributed by atoms with Crippen molar-refractivity contribution in [3.8, 4) is 0 Å². The average Bonchev–Trinajstić information content (AvgIpc) is 2.83. The van der Waals surface area contributed by atoms with Crippen LogP contribution in [0.4, 0.5) is 10.1 Å². The first-order valence-corrected chi connectivity index (χ1v) is 7.09. The number of fused-ring (bicyclic) bond motifs is 1. The van der Waals surface area contributed by atoms with Gasteiger partial charge in [0.25, 0.3) is 0 Å². The van der Waals surface area contributed by atoms with E-state index in [0.717, 1.165) is 17.7 Å². The van der Waals surface area contributed by atoms with Crippen molar-refractivity contribution in [1.82, 2.24) is 0 Å². The first kappa shape index (κ1) is 13.2. The Balaban J connectivity index is 1.85. The highest BCUT2D eigenvalue weighted by Crippen LogP contribution is 2.36. The summed E-state index contributed by atoms with van der Waals surface area (Å²) in [6, 6.07) is 14.1. The first-order valence-electron chi connectivity index (χ1n) is 7.09. The number of halogens is 1. The molecule has 0 amide bonds. The molecule has 2 aromatic carbocycles. The molecule has 2 heteroatoms. The summed E-state index contributed by atoms with van der Waals surface area (Å²) in [7, 11) is 0. The lowest BCUT2D eigenvalue weighted by molar-refractivity contribution is 0.589. The van der Waals surface area contributed by atoms with E-state index in [0.29, 0.717) is 0 Å². The van der Waals surface area contributed by atoms with Crippen LogP contribution in [0.15, 0.2) is 42.5 Å². The fraction of sp³-hybridized carbons (Fsp3) is 0.333. The predicted molar refractivity (Wildman–Crippen MR) is 81.6 cm³/mol. The molecule has 0 saturated heterocycles. The van der Waals surface area contributed by atoms with Crippen LogP contribution in [0.3, 0.4) is 0 Å². The smallest absolute Gasteiger partial charge is 0.128 e. The SMILES string of the molecule is CC(C)(C)c1ccc(C2Cc3c(F)cccc3N2)cc1. The minimum Gasteiger partial charge on any atom is -0.378 e. The molecule has 0 aromatic heterocycles. The van der Waals surface area contributed by atoms with Crippen molar-refractivity contribution in [3.05, 3.63) is 65.0 Å². The van der Waals surface area contributed by atoms with Gasteiger partial charge in [-0.05, 0) is 28.7 Å². The van der Waals surface area contributed by atoms with E-state index in [4.69, 9.17) is 0 Å². The second kappa shape index (κ2) is 4.62. The number of hydrogen-bond donors (Lipinski definition) is 1. The molecule has 1 N–H and O–H groups in total. The minimum atomic E-state index is -0.108. The summed E-state index contributed by atoms with van der Waals surface area (Å²) in [5.74, 6) is -0.108. The zero-order valence-electron chi connectivity index (χ0n) is 12.2. The maximum atomic E-state index is 13.8. The van der Waals surface area contributed by atoms with Gasteiger partial charge < -0.3 is 5.32 Å². The molecule has 20 heavy (non-hydrogen) atoms. The molecule has 1 heterocycles. The lowest BCUT2D eigenvalue weighted by Gasteiger charge is -2.20. The van der Waals surface area contributed by atoms with E-state index < -0.39 is 0 Å². The van der Waals surface area contributed by atoms with Crippen molar-refractivity contribution in [2.75, 3.05) is 5.32 Å². The van der Waals surface area contributed by atoms with Crippen LogP contribution in [0.1, 0.15) is 43.5 Å². The highest BCUT2D eigenvalue weighted by atomic mass is 19.1. The Morgan fingerprint density at radius 3 is 2.35 bits per heavy atom. The quantitative estimate of drug-likeness (QED) is 0.781. The Labute approximate surface area is 119 Å². The zero-order chi connectivity index (χ0) is 14.3. The summed E-state index contributed by atoms with van der Waals surface area (Å²) in [6.07, 6.45) is 0.719. The molecule has 1 aliphatic heterocycles. The van der Waals surface area contributed by atoms with E-state index in [-0.39, 0.29) is 17.3 Å². The monoisotopic (exact) mass is 269 g/mol. The standard InChI is InChI=1S/C18H20FN/c1-18(2,3)13-9-7-12(8-10-13)17-11-14-15(19)5-4-6-16(14)20-17/h4-10,17,20H,11H2,1-3H3. The molecule has 0 radical (unpaired) electrons. The predicted octanol–water partition coefficient (Wildman–Crippen LogP) is 4.83. The third-order valence-corrected chi connectivity index (χ3v) is 4.04. The Bertz CT molecular complexity index is 623. The molecule has 0 spiro atoms. The Kier molecular flexibility index (Phi) is 3.04. The van der Waals surface area contributed by atoms with E-state index in [2.05, 4.69) is 50.4 Å².